The molecule has 1 N–H and O–H groups in total. The van der Waals surface area contributed by atoms with Crippen molar-refractivity contribution in [3.63, 3.8) is 0 Å². The smallest absolute Gasteiger partial charge is 0.0547 e. The van der Waals surface area contributed by atoms with Gasteiger partial charge in [0.1, 0.15) is 0 Å². The lowest BCUT2D eigenvalue weighted by molar-refractivity contribution is 0.204. The van der Waals surface area contributed by atoms with Crippen LogP contribution in [-0.4, -0.2) is 35.6 Å². The lowest BCUT2D eigenvalue weighted by Crippen LogP contribution is -2.40. The molecule has 1 heterocycles. The number of unbranched alkanes of at least 4 members (excludes halogenated alkanes) is 1. The molecule has 0 saturated carbocycles. The number of hydrogen-bond acceptors (Lipinski definition) is 3. The van der Waals surface area contributed by atoms with Crippen molar-refractivity contribution in [1.82, 2.24) is 15.2 Å². The van der Waals surface area contributed by atoms with Crippen LogP contribution in [0.3, 0.4) is 0 Å². The van der Waals surface area contributed by atoms with Crippen LogP contribution in [0.15, 0.2) is 18.2 Å². The summed E-state index contributed by atoms with van der Waals surface area (Å²) in [6.45, 7) is 13.0. The molecule has 1 rings (SSSR count). The van der Waals surface area contributed by atoms with E-state index in [1.54, 1.807) is 0 Å². The molecular formula is C16H29N3. The van der Waals surface area contributed by atoms with Gasteiger partial charge in [0, 0.05) is 24.8 Å². The fourth-order valence-corrected chi connectivity index (χ4v) is 2.22. The Bertz CT molecular complexity index is 352. The number of hydrogen-bond donors (Lipinski definition) is 1. The topological polar surface area (TPSA) is 28.2 Å². The maximum absolute atomic E-state index is 4.59. The summed E-state index contributed by atoms with van der Waals surface area (Å²) in [6.07, 6.45) is 2.52. The number of nitrogens with one attached hydrogen (secondary N) is 1. The minimum Gasteiger partial charge on any atom is -0.315 e. The van der Waals surface area contributed by atoms with E-state index in [0.29, 0.717) is 6.04 Å². The molecule has 0 aromatic carbocycles. The van der Waals surface area contributed by atoms with E-state index < -0.39 is 0 Å². The third-order valence-electron chi connectivity index (χ3n) is 3.49. The second-order valence-electron chi connectivity index (χ2n) is 5.24. The highest BCUT2D eigenvalue weighted by atomic mass is 15.2. The molecule has 19 heavy (non-hydrogen) atoms. The Morgan fingerprint density at radius 3 is 2.74 bits per heavy atom. The van der Waals surface area contributed by atoms with Crippen molar-refractivity contribution in [2.24, 2.45) is 0 Å². The van der Waals surface area contributed by atoms with Crippen molar-refractivity contribution in [2.75, 3.05) is 19.6 Å². The number of nitrogens with zero attached hydrogens (tertiary/aromatic N) is 2. The van der Waals surface area contributed by atoms with E-state index in [0.717, 1.165) is 31.9 Å². The molecule has 0 aliphatic carbocycles. The molecular weight excluding hydrogens is 234 g/mol. The third-order valence-corrected chi connectivity index (χ3v) is 3.49. The van der Waals surface area contributed by atoms with Gasteiger partial charge in [-0.1, -0.05) is 26.3 Å². The molecule has 1 atom stereocenters. The largest absolute Gasteiger partial charge is 0.315 e. The summed E-state index contributed by atoms with van der Waals surface area (Å²) in [5.74, 6) is 0. The summed E-state index contributed by atoms with van der Waals surface area (Å²) < 4.78 is 0. The number of rotatable bonds is 9. The number of aromatic nitrogens is 1. The van der Waals surface area contributed by atoms with E-state index in [1.807, 2.05) is 0 Å². The fourth-order valence-electron chi connectivity index (χ4n) is 2.22. The Balaban J connectivity index is 2.43. The molecule has 1 aromatic rings. The zero-order valence-electron chi connectivity index (χ0n) is 12.9. The van der Waals surface area contributed by atoms with Crippen molar-refractivity contribution >= 4 is 0 Å². The van der Waals surface area contributed by atoms with Gasteiger partial charge in [0.2, 0.25) is 0 Å². The van der Waals surface area contributed by atoms with Crippen LogP contribution in [0.1, 0.15) is 45.0 Å². The molecule has 0 aliphatic rings. The Hall–Kier alpha value is -0.930. The van der Waals surface area contributed by atoms with E-state index >= 15 is 0 Å². The average molecular weight is 263 g/mol. The summed E-state index contributed by atoms with van der Waals surface area (Å²) in [7, 11) is 0. The van der Waals surface area contributed by atoms with E-state index in [9.17, 15) is 0 Å². The molecule has 1 unspecified atom stereocenters. The van der Waals surface area contributed by atoms with Gasteiger partial charge in [-0.15, -0.1) is 0 Å². The zero-order valence-corrected chi connectivity index (χ0v) is 12.9. The SMILES string of the molecule is CCCCNCC(C)N(CC)Cc1cccc(C)n1. The summed E-state index contributed by atoms with van der Waals surface area (Å²) >= 11 is 0. The first-order valence-electron chi connectivity index (χ1n) is 7.54. The number of likely N-dealkylation sites (N-methyl/N-ethyl adjacent to an activating group) is 1. The van der Waals surface area contributed by atoms with Gasteiger partial charge in [-0.2, -0.15) is 0 Å². The third kappa shape index (κ3) is 6.17. The molecule has 0 spiro atoms. The zero-order chi connectivity index (χ0) is 14.1. The molecule has 0 aliphatic heterocycles. The van der Waals surface area contributed by atoms with Gasteiger partial charge in [-0.3, -0.25) is 9.88 Å². The second kappa shape index (κ2) is 9.05. The van der Waals surface area contributed by atoms with Gasteiger partial charge in [0.15, 0.2) is 0 Å². The van der Waals surface area contributed by atoms with Crippen LogP contribution in [0.2, 0.25) is 0 Å². The van der Waals surface area contributed by atoms with Crippen molar-refractivity contribution in [3.8, 4) is 0 Å². The van der Waals surface area contributed by atoms with Crippen molar-refractivity contribution in [3.05, 3.63) is 29.6 Å². The normalized spacial score (nSPS) is 12.9. The summed E-state index contributed by atoms with van der Waals surface area (Å²) in [5.41, 5.74) is 2.27. The summed E-state index contributed by atoms with van der Waals surface area (Å²) in [4.78, 5) is 7.06. The van der Waals surface area contributed by atoms with Crippen LogP contribution in [0.5, 0.6) is 0 Å². The van der Waals surface area contributed by atoms with Crippen LogP contribution in [0, 0.1) is 6.92 Å². The lowest BCUT2D eigenvalue weighted by Gasteiger charge is -2.27. The van der Waals surface area contributed by atoms with E-state index in [1.165, 1.54) is 18.5 Å². The number of aryl methyl sites for hydroxylation is 1. The quantitative estimate of drug-likeness (QED) is 0.694. The van der Waals surface area contributed by atoms with Crippen LogP contribution in [0.25, 0.3) is 0 Å². The maximum atomic E-state index is 4.59. The number of pyridine rings is 1. The summed E-state index contributed by atoms with van der Waals surface area (Å²) in [6, 6.07) is 6.81. The highest BCUT2D eigenvalue weighted by Crippen LogP contribution is 2.06. The highest BCUT2D eigenvalue weighted by Gasteiger charge is 2.12. The first-order valence-corrected chi connectivity index (χ1v) is 7.54. The Labute approximate surface area is 118 Å². The minimum atomic E-state index is 0.546. The van der Waals surface area contributed by atoms with Gasteiger partial charge < -0.3 is 5.32 Å². The van der Waals surface area contributed by atoms with Crippen LogP contribution in [-0.2, 0) is 6.54 Å². The first-order chi connectivity index (χ1) is 9.17. The van der Waals surface area contributed by atoms with Gasteiger partial charge in [0.05, 0.1) is 5.69 Å². The molecule has 0 radical (unpaired) electrons. The highest BCUT2D eigenvalue weighted by molar-refractivity contribution is 5.09. The van der Waals surface area contributed by atoms with Gasteiger partial charge in [-0.25, -0.2) is 0 Å². The molecule has 0 saturated heterocycles. The van der Waals surface area contributed by atoms with Gasteiger partial charge in [-0.05, 0) is 45.5 Å². The van der Waals surface area contributed by atoms with Crippen LogP contribution < -0.4 is 5.32 Å². The lowest BCUT2D eigenvalue weighted by atomic mass is 10.2. The average Bonchev–Trinajstić information content (AvgIpc) is 2.41. The van der Waals surface area contributed by atoms with Crippen molar-refractivity contribution < 1.29 is 0 Å². The minimum absolute atomic E-state index is 0.546. The molecule has 108 valence electrons. The van der Waals surface area contributed by atoms with Crippen LogP contribution >= 0.6 is 0 Å². The Kier molecular flexibility index (Phi) is 7.68. The Morgan fingerprint density at radius 1 is 1.32 bits per heavy atom. The molecule has 0 fully saturated rings. The second-order valence-corrected chi connectivity index (χ2v) is 5.24. The Morgan fingerprint density at radius 2 is 2.11 bits per heavy atom. The van der Waals surface area contributed by atoms with E-state index in [2.05, 4.69) is 61.1 Å². The molecule has 0 bridgehead atoms. The monoisotopic (exact) mass is 263 g/mol. The van der Waals surface area contributed by atoms with E-state index in [4.69, 9.17) is 0 Å². The molecule has 1 aromatic heterocycles. The predicted octanol–water partition coefficient (Wildman–Crippen LogP) is 2.99. The van der Waals surface area contributed by atoms with Gasteiger partial charge >= 0.3 is 0 Å². The van der Waals surface area contributed by atoms with E-state index in [-0.39, 0.29) is 0 Å². The first kappa shape index (κ1) is 16.1. The summed E-state index contributed by atoms with van der Waals surface area (Å²) in [5, 5.41) is 3.54. The van der Waals surface area contributed by atoms with Gasteiger partial charge in [0.25, 0.3) is 0 Å². The standard InChI is InChI=1S/C16H29N3/c1-5-7-11-17-12-15(4)19(6-2)13-16-10-8-9-14(3)18-16/h8-10,15,17H,5-7,11-13H2,1-4H3. The predicted molar refractivity (Wildman–Crippen MR) is 82.3 cm³/mol. The fraction of sp³-hybridized carbons (Fsp3) is 0.688. The maximum Gasteiger partial charge on any atom is 0.0547 e. The molecule has 0 amide bonds. The van der Waals surface area contributed by atoms with Crippen molar-refractivity contribution in [1.29, 1.82) is 0 Å². The van der Waals surface area contributed by atoms with Crippen molar-refractivity contribution in [2.45, 2.75) is 53.1 Å². The molecule has 3 nitrogen and oxygen atoms in total. The molecule has 3 heteroatoms. The van der Waals surface area contributed by atoms with Crippen LogP contribution in [0.4, 0.5) is 0 Å².